The maximum absolute atomic E-state index is 11.4. The first-order valence-electron chi connectivity index (χ1n) is 4.89. The predicted octanol–water partition coefficient (Wildman–Crippen LogP) is 1.57. The number of benzene rings is 1. The van der Waals surface area contributed by atoms with Crippen molar-refractivity contribution in [2.45, 2.75) is 0 Å². The number of azide groups is 1. The molecular weight excluding hydrogens is 236 g/mol. The molecule has 0 aromatic heterocycles. The molecule has 88 valence electrons. The zero-order valence-electron chi connectivity index (χ0n) is 8.98. The second kappa shape index (κ2) is 4.52. The summed E-state index contributed by atoms with van der Waals surface area (Å²) in [7, 11) is 0. The molecule has 0 saturated heterocycles. The van der Waals surface area contributed by atoms with Crippen LogP contribution in [0.3, 0.4) is 0 Å². The van der Waals surface area contributed by atoms with Crippen LogP contribution in [0.4, 0.5) is 5.69 Å². The number of hydrogen-bond acceptors (Lipinski definition) is 3. The first-order chi connectivity index (χ1) is 8.63. The van der Waals surface area contributed by atoms with Gasteiger partial charge in [-0.25, -0.2) is 4.90 Å². The fourth-order valence-electron chi connectivity index (χ4n) is 1.51. The van der Waals surface area contributed by atoms with Crippen LogP contribution in [0.25, 0.3) is 10.4 Å². The highest BCUT2D eigenvalue weighted by Gasteiger charge is 2.24. The lowest BCUT2D eigenvalue weighted by atomic mass is 10.2. The maximum Gasteiger partial charge on any atom is 0.258 e. The summed E-state index contributed by atoms with van der Waals surface area (Å²) in [5.41, 5.74) is 8.66. The summed E-state index contributed by atoms with van der Waals surface area (Å²) < 4.78 is 0. The smallest absolute Gasteiger partial charge is 0.258 e. The Morgan fingerprint density at radius 2 is 1.67 bits per heavy atom. The molecule has 1 aromatic rings. The third-order valence-electron chi connectivity index (χ3n) is 2.32. The van der Waals surface area contributed by atoms with Gasteiger partial charge in [0.2, 0.25) is 5.91 Å². The Bertz CT molecular complexity index is 594. The summed E-state index contributed by atoms with van der Waals surface area (Å²) in [6, 6.07) is 5.63. The molecule has 0 bridgehead atoms. The lowest BCUT2D eigenvalue weighted by molar-refractivity contribution is -0.119. The lowest BCUT2D eigenvalue weighted by Gasteiger charge is -2.13. The van der Waals surface area contributed by atoms with Crippen molar-refractivity contribution in [3.8, 4) is 0 Å². The van der Waals surface area contributed by atoms with E-state index in [9.17, 15) is 14.4 Å². The standard InChI is InChI=1S/C11H6N4O3/c12-14-13-11(18)7-1-3-8(4-2-7)15-9(16)5-6-10(15)17/h1-6H. The normalized spacial score (nSPS) is 13.7. The van der Waals surface area contributed by atoms with E-state index in [0.717, 1.165) is 4.90 Å². The molecule has 7 heteroatoms. The predicted molar refractivity (Wildman–Crippen MR) is 61.6 cm³/mol. The maximum atomic E-state index is 11.4. The van der Waals surface area contributed by atoms with Gasteiger partial charge >= 0.3 is 0 Å². The van der Waals surface area contributed by atoms with Crippen molar-refractivity contribution in [2.24, 2.45) is 5.11 Å². The fourth-order valence-corrected chi connectivity index (χ4v) is 1.51. The number of carbonyl (C=O) groups is 3. The minimum atomic E-state index is -0.721. The summed E-state index contributed by atoms with van der Waals surface area (Å²) >= 11 is 0. The highest BCUT2D eigenvalue weighted by Crippen LogP contribution is 2.19. The Kier molecular flexibility index (Phi) is 2.90. The van der Waals surface area contributed by atoms with Gasteiger partial charge < -0.3 is 0 Å². The van der Waals surface area contributed by atoms with E-state index >= 15 is 0 Å². The van der Waals surface area contributed by atoms with Crippen LogP contribution in [-0.4, -0.2) is 17.7 Å². The minimum Gasteiger partial charge on any atom is -0.287 e. The molecule has 0 aliphatic carbocycles. The highest BCUT2D eigenvalue weighted by atomic mass is 16.2. The van der Waals surface area contributed by atoms with Gasteiger partial charge in [-0.05, 0) is 34.9 Å². The summed E-state index contributed by atoms with van der Waals surface area (Å²) in [5, 5.41) is 2.93. The average Bonchev–Trinajstić information content (AvgIpc) is 2.70. The number of hydrogen-bond donors (Lipinski definition) is 0. The van der Waals surface area contributed by atoms with E-state index in [-0.39, 0.29) is 5.56 Å². The van der Waals surface area contributed by atoms with Gasteiger partial charge in [0.15, 0.2) is 0 Å². The Labute approximate surface area is 101 Å². The van der Waals surface area contributed by atoms with E-state index in [1.807, 2.05) is 0 Å². The molecule has 1 aliphatic rings. The molecule has 3 amide bonds. The molecule has 0 radical (unpaired) electrons. The van der Waals surface area contributed by atoms with E-state index in [2.05, 4.69) is 10.0 Å². The molecule has 1 aliphatic heterocycles. The topological polar surface area (TPSA) is 103 Å². The van der Waals surface area contributed by atoms with Crippen molar-refractivity contribution in [3.63, 3.8) is 0 Å². The van der Waals surface area contributed by atoms with Crippen molar-refractivity contribution in [1.29, 1.82) is 0 Å². The molecular formula is C11H6N4O3. The molecule has 0 spiro atoms. The van der Waals surface area contributed by atoms with Crippen LogP contribution in [0.1, 0.15) is 10.4 Å². The van der Waals surface area contributed by atoms with E-state index < -0.39 is 17.7 Å². The van der Waals surface area contributed by atoms with Gasteiger partial charge in [0.05, 0.1) is 5.69 Å². The van der Waals surface area contributed by atoms with Crippen LogP contribution in [0.15, 0.2) is 41.5 Å². The quantitative estimate of drug-likeness (QED) is 0.340. The van der Waals surface area contributed by atoms with Crippen LogP contribution < -0.4 is 4.90 Å². The van der Waals surface area contributed by atoms with Crippen molar-refractivity contribution >= 4 is 23.4 Å². The van der Waals surface area contributed by atoms with Crippen molar-refractivity contribution in [1.82, 2.24) is 0 Å². The fraction of sp³-hybridized carbons (Fsp3) is 0. The van der Waals surface area contributed by atoms with Crippen LogP contribution in [0, 0.1) is 0 Å². The summed E-state index contributed by atoms with van der Waals surface area (Å²) in [5.74, 6) is -1.59. The first kappa shape index (κ1) is 11.6. The molecule has 7 nitrogen and oxygen atoms in total. The molecule has 0 saturated carbocycles. The number of amides is 3. The van der Waals surface area contributed by atoms with Gasteiger partial charge in [0, 0.05) is 22.6 Å². The summed E-state index contributed by atoms with van der Waals surface area (Å²) in [6.07, 6.45) is 2.34. The molecule has 1 aromatic carbocycles. The minimum absolute atomic E-state index is 0.184. The second-order valence-electron chi connectivity index (χ2n) is 3.39. The second-order valence-corrected chi connectivity index (χ2v) is 3.39. The molecule has 18 heavy (non-hydrogen) atoms. The van der Waals surface area contributed by atoms with E-state index in [0.29, 0.717) is 5.69 Å². The van der Waals surface area contributed by atoms with E-state index in [1.54, 1.807) is 0 Å². The molecule has 1 heterocycles. The largest absolute Gasteiger partial charge is 0.287 e. The first-order valence-corrected chi connectivity index (χ1v) is 4.89. The zero-order valence-corrected chi connectivity index (χ0v) is 8.98. The third kappa shape index (κ3) is 1.98. The van der Waals surface area contributed by atoms with E-state index in [1.165, 1.54) is 36.4 Å². The number of imide groups is 1. The molecule has 0 unspecified atom stereocenters. The van der Waals surface area contributed by atoms with Gasteiger partial charge in [-0.1, -0.05) is 0 Å². The molecule has 0 N–H and O–H groups in total. The third-order valence-corrected chi connectivity index (χ3v) is 2.32. The monoisotopic (exact) mass is 242 g/mol. The van der Waals surface area contributed by atoms with Gasteiger partial charge in [0.25, 0.3) is 11.8 Å². The van der Waals surface area contributed by atoms with Gasteiger partial charge in [-0.2, -0.15) is 0 Å². The number of nitrogens with zero attached hydrogens (tertiary/aromatic N) is 4. The average molecular weight is 242 g/mol. The van der Waals surface area contributed by atoms with Crippen LogP contribution in [-0.2, 0) is 9.59 Å². The van der Waals surface area contributed by atoms with Gasteiger partial charge in [-0.3, -0.25) is 14.4 Å². The lowest BCUT2D eigenvalue weighted by Crippen LogP contribution is -2.29. The molecule has 0 fully saturated rings. The van der Waals surface area contributed by atoms with Gasteiger partial charge in [-0.15, -0.1) is 0 Å². The van der Waals surface area contributed by atoms with Crippen molar-refractivity contribution in [3.05, 3.63) is 52.4 Å². The molecule has 0 atom stereocenters. The summed E-state index contributed by atoms with van der Waals surface area (Å²) in [4.78, 5) is 37.4. The van der Waals surface area contributed by atoms with Crippen molar-refractivity contribution < 1.29 is 14.4 Å². The zero-order chi connectivity index (χ0) is 13.1. The number of carbonyl (C=O) groups excluding carboxylic acids is 3. The van der Waals surface area contributed by atoms with Crippen molar-refractivity contribution in [2.75, 3.05) is 4.90 Å². The Morgan fingerprint density at radius 1 is 1.11 bits per heavy atom. The number of anilines is 1. The highest BCUT2D eigenvalue weighted by molar-refractivity contribution is 6.28. The van der Waals surface area contributed by atoms with E-state index in [4.69, 9.17) is 5.53 Å². The SMILES string of the molecule is [N-]=[N+]=NC(=O)c1ccc(N2C(=O)C=CC2=O)cc1. The number of rotatable bonds is 2. The Morgan fingerprint density at radius 3 is 2.17 bits per heavy atom. The Hall–Kier alpha value is -2.92. The van der Waals surface area contributed by atoms with Crippen LogP contribution in [0.2, 0.25) is 0 Å². The van der Waals surface area contributed by atoms with Gasteiger partial charge in [0.1, 0.15) is 0 Å². The van der Waals surface area contributed by atoms with Crippen LogP contribution >= 0.6 is 0 Å². The van der Waals surface area contributed by atoms with Crippen LogP contribution in [0.5, 0.6) is 0 Å². The Balaban J connectivity index is 2.28. The summed E-state index contributed by atoms with van der Waals surface area (Å²) in [6.45, 7) is 0. The molecule has 2 rings (SSSR count).